The molecule has 0 amide bonds. The molecule has 2 nitrogen and oxygen atoms in total. The van der Waals surface area contributed by atoms with Crippen molar-refractivity contribution in [3.63, 3.8) is 0 Å². The van der Waals surface area contributed by atoms with Crippen molar-refractivity contribution in [1.29, 1.82) is 5.26 Å². The minimum Gasteiger partial charge on any atom is -0.260 e. The van der Waals surface area contributed by atoms with E-state index in [2.05, 4.69) is 4.98 Å². The molecule has 50 valence electrons. The molecule has 0 spiro atoms. The van der Waals surface area contributed by atoms with Gasteiger partial charge in [0, 0.05) is 6.20 Å². The number of hydrogen-bond donors (Lipinski definition) is 0. The zero-order chi connectivity index (χ0) is 7.56. The lowest BCUT2D eigenvalue weighted by molar-refractivity contribution is 0.619. The second kappa shape index (κ2) is 2.44. The van der Waals surface area contributed by atoms with E-state index in [1.807, 2.05) is 0 Å². The van der Waals surface area contributed by atoms with Gasteiger partial charge in [-0.15, -0.1) is 0 Å². The Labute approximate surface area is 57.9 Å². The highest BCUT2D eigenvalue weighted by Crippen LogP contribution is 2.06. The molecule has 10 heavy (non-hydrogen) atoms. The third kappa shape index (κ3) is 0.960. The predicted molar refractivity (Wildman–Crippen MR) is 33.6 cm³/mol. The monoisotopic (exact) mass is 136 g/mol. The molecule has 0 bridgehead atoms. The summed E-state index contributed by atoms with van der Waals surface area (Å²) in [7, 11) is 0. The van der Waals surface area contributed by atoms with Crippen LogP contribution in [0.2, 0.25) is 0 Å². The first-order valence-electron chi connectivity index (χ1n) is 2.77. The van der Waals surface area contributed by atoms with Crippen LogP contribution in [0.1, 0.15) is 11.3 Å². The van der Waals surface area contributed by atoms with Crippen LogP contribution in [0, 0.1) is 24.1 Å². The van der Waals surface area contributed by atoms with Gasteiger partial charge < -0.3 is 0 Å². The van der Waals surface area contributed by atoms with E-state index in [0.717, 1.165) is 0 Å². The number of aromatic nitrogens is 1. The summed E-state index contributed by atoms with van der Waals surface area (Å²) in [5, 5.41) is 8.37. The molecule has 1 heterocycles. The third-order valence-electron chi connectivity index (χ3n) is 1.20. The Balaban J connectivity index is 3.34. The Kier molecular flexibility index (Phi) is 1.63. The summed E-state index contributed by atoms with van der Waals surface area (Å²) in [6, 6.07) is 2.90. The summed E-state index contributed by atoms with van der Waals surface area (Å²) >= 11 is 0. The van der Waals surface area contributed by atoms with Crippen molar-refractivity contribution in [2.75, 3.05) is 0 Å². The Bertz CT molecular complexity index is 268. The molecule has 0 saturated carbocycles. The lowest BCUT2D eigenvalue weighted by Gasteiger charge is -1.93. The van der Waals surface area contributed by atoms with Crippen molar-refractivity contribution in [1.82, 2.24) is 4.98 Å². The third-order valence-corrected chi connectivity index (χ3v) is 1.20. The van der Waals surface area contributed by atoms with Gasteiger partial charge in [0.15, 0.2) is 0 Å². The minimum atomic E-state index is -0.505. The summed E-state index contributed by atoms with van der Waals surface area (Å²) in [4.78, 5) is 3.75. The normalized spacial score (nSPS) is 8.90. The molecule has 0 aliphatic heterocycles. The van der Waals surface area contributed by atoms with Crippen LogP contribution in [-0.4, -0.2) is 4.98 Å². The number of halogens is 1. The number of pyridine rings is 1. The van der Waals surface area contributed by atoms with Crippen molar-refractivity contribution in [3.05, 3.63) is 29.3 Å². The van der Waals surface area contributed by atoms with E-state index in [-0.39, 0.29) is 5.56 Å². The molecule has 0 radical (unpaired) electrons. The maximum Gasteiger partial charge on any atom is 0.144 e. The van der Waals surface area contributed by atoms with Gasteiger partial charge in [-0.05, 0) is 13.0 Å². The number of rotatable bonds is 0. The Morgan fingerprint density at radius 3 is 2.80 bits per heavy atom. The summed E-state index contributed by atoms with van der Waals surface area (Å²) in [6.45, 7) is 1.60. The SMILES string of the molecule is Cc1nccc(F)c1C#N. The largest absolute Gasteiger partial charge is 0.260 e. The van der Waals surface area contributed by atoms with E-state index in [1.165, 1.54) is 12.3 Å². The highest BCUT2D eigenvalue weighted by atomic mass is 19.1. The molecular weight excluding hydrogens is 131 g/mol. The zero-order valence-corrected chi connectivity index (χ0v) is 5.43. The summed E-state index contributed by atoms with van der Waals surface area (Å²) in [6.07, 6.45) is 1.34. The first-order chi connectivity index (χ1) is 4.75. The fourth-order valence-corrected chi connectivity index (χ4v) is 0.670. The number of hydrogen-bond acceptors (Lipinski definition) is 2. The number of nitriles is 1. The molecule has 0 fully saturated rings. The van der Waals surface area contributed by atoms with Crippen molar-refractivity contribution < 1.29 is 4.39 Å². The van der Waals surface area contributed by atoms with Gasteiger partial charge >= 0.3 is 0 Å². The summed E-state index contributed by atoms with van der Waals surface area (Å²) in [5.41, 5.74) is 0.463. The van der Waals surface area contributed by atoms with Gasteiger partial charge in [-0.1, -0.05) is 0 Å². The molecule has 0 aromatic carbocycles. The van der Waals surface area contributed by atoms with Gasteiger partial charge in [-0.25, -0.2) is 4.39 Å². The highest BCUT2D eigenvalue weighted by Gasteiger charge is 2.02. The van der Waals surface area contributed by atoms with E-state index in [4.69, 9.17) is 5.26 Å². The van der Waals surface area contributed by atoms with Crippen LogP contribution in [0.25, 0.3) is 0 Å². The molecule has 1 aromatic rings. The standard InChI is InChI=1S/C7H5FN2/c1-5-6(4-9)7(8)2-3-10-5/h2-3H,1H3. The molecule has 0 aliphatic rings. The van der Waals surface area contributed by atoms with E-state index >= 15 is 0 Å². The first-order valence-corrected chi connectivity index (χ1v) is 2.77. The fraction of sp³-hybridized carbons (Fsp3) is 0.143. The second-order valence-corrected chi connectivity index (χ2v) is 1.86. The van der Waals surface area contributed by atoms with Crippen molar-refractivity contribution in [2.24, 2.45) is 0 Å². The van der Waals surface area contributed by atoms with E-state index < -0.39 is 5.82 Å². The molecule has 3 heteroatoms. The van der Waals surface area contributed by atoms with Crippen LogP contribution in [0.3, 0.4) is 0 Å². The van der Waals surface area contributed by atoms with Gasteiger partial charge in [-0.2, -0.15) is 5.26 Å². The molecule has 0 N–H and O–H groups in total. The average Bonchev–Trinajstić information content (AvgIpc) is 1.88. The fourth-order valence-electron chi connectivity index (χ4n) is 0.670. The van der Waals surface area contributed by atoms with Crippen molar-refractivity contribution >= 4 is 0 Å². The van der Waals surface area contributed by atoms with Crippen LogP contribution < -0.4 is 0 Å². The summed E-state index contributed by atoms with van der Waals surface area (Å²) < 4.78 is 12.6. The van der Waals surface area contributed by atoms with Gasteiger partial charge in [0.05, 0.1) is 5.69 Å². The first kappa shape index (κ1) is 6.69. The Morgan fingerprint density at radius 2 is 2.40 bits per heavy atom. The maximum absolute atomic E-state index is 12.6. The Morgan fingerprint density at radius 1 is 1.70 bits per heavy atom. The second-order valence-electron chi connectivity index (χ2n) is 1.86. The smallest absolute Gasteiger partial charge is 0.144 e. The topological polar surface area (TPSA) is 36.7 Å². The van der Waals surface area contributed by atoms with Gasteiger partial charge in [0.2, 0.25) is 0 Å². The molecule has 1 rings (SSSR count). The average molecular weight is 136 g/mol. The maximum atomic E-state index is 12.6. The molecule has 0 unspecified atom stereocenters. The molecule has 1 aromatic heterocycles. The lowest BCUT2D eigenvalue weighted by atomic mass is 10.2. The minimum absolute atomic E-state index is 0.0301. The Hall–Kier alpha value is -1.43. The summed E-state index contributed by atoms with van der Waals surface area (Å²) in [5.74, 6) is -0.505. The quantitative estimate of drug-likeness (QED) is 0.540. The van der Waals surface area contributed by atoms with E-state index in [1.54, 1.807) is 13.0 Å². The van der Waals surface area contributed by atoms with Crippen LogP contribution >= 0.6 is 0 Å². The molecule has 0 atom stereocenters. The number of nitrogens with zero attached hydrogens (tertiary/aromatic N) is 2. The van der Waals surface area contributed by atoms with Gasteiger partial charge in [0.1, 0.15) is 17.4 Å². The van der Waals surface area contributed by atoms with Crippen LogP contribution in [-0.2, 0) is 0 Å². The predicted octanol–water partition coefficient (Wildman–Crippen LogP) is 1.40. The molecular formula is C7H5FN2. The molecule has 0 saturated heterocycles. The lowest BCUT2D eigenvalue weighted by Crippen LogP contribution is -1.90. The van der Waals surface area contributed by atoms with Crippen LogP contribution in [0.4, 0.5) is 4.39 Å². The van der Waals surface area contributed by atoms with Crippen LogP contribution in [0.5, 0.6) is 0 Å². The van der Waals surface area contributed by atoms with E-state index in [0.29, 0.717) is 5.69 Å². The van der Waals surface area contributed by atoms with Crippen molar-refractivity contribution in [2.45, 2.75) is 6.92 Å². The van der Waals surface area contributed by atoms with Gasteiger partial charge in [-0.3, -0.25) is 4.98 Å². The highest BCUT2D eigenvalue weighted by molar-refractivity contribution is 5.32. The van der Waals surface area contributed by atoms with Gasteiger partial charge in [0.25, 0.3) is 0 Å². The zero-order valence-electron chi connectivity index (χ0n) is 5.43. The number of aryl methyl sites for hydroxylation is 1. The van der Waals surface area contributed by atoms with Crippen LogP contribution in [0.15, 0.2) is 12.3 Å². The van der Waals surface area contributed by atoms with E-state index in [9.17, 15) is 4.39 Å². The van der Waals surface area contributed by atoms with Crippen molar-refractivity contribution in [3.8, 4) is 6.07 Å². The molecule has 0 aliphatic carbocycles.